The first kappa shape index (κ1) is 16.3. The van der Waals surface area contributed by atoms with E-state index >= 15 is 0 Å². The summed E-state index contributed by atoms with van der Waals surface area (Å²) in [5, 5.41) is 5.07. The van der Waals surface area contributed by atoms with E-state index in [4.69, 9.17) is 9.31 Å². The minimum absolute atomic E-state index is 0.334. The maximum atomic E-state index is 6.32. The fourth-order valence-corrected chi connectivity index (χ4v) is 4.83. The Morgan fingerprint density at radius 1 is 0.731 bits per heavy atom. The molecule has 3 aromatic carbocycles. The van der Waals surface area contributed by atoms with E-state index in [0.717, 1.165) is 5.46 Å². The Hall–Kier alpha value is -1.88. The Morgan fingerprint density at radius 3 is 2.23 bits per heavy atom. The third-order valence-electron chi connectivity index (χ3n) is 5.92. The second-order valence-corrected chi connectivity index (χ2v) is 9.19. The molecule has 0 bridgehead atoms. The number of fused-ring (bicyclic) bond motifs is 4. The van der Waals surface area contributed by atoms with E-state index in [9.17, 15) is 0 Å². The molecule has 0 aliphatic carbocycles. The van der Waals surface area contributed by atoms with Gasteiger partial charge in [0.1, 0.15) is 0 Å². The van der Waals surface area contributed by atoms with Gasteiger partial charge >= 0.3 is 7.12 Å². The van der Waals surface area contributed by atoms with E-state index in [0.29, 0.717) is 0 Å². The van der Waals surface area contributed by atoms with Crippen molar-refractivity contribution >= 4 is 54.9 Å². The maximum Gasteiger partial charge on any atom is 0.495 e. The normalized spacial score (nSPS) is 19.0. The first-order valence-corrected chi connectivity index (χ1v) is 9.87. The van der Waals surface area contributed by atoms with Crippen LogP contribution in [0.4, 0.5) is 0 Å². The number of benzene rings is 3. The number of hydrogen-bond donors (Lipinski definition) is 0. The van der Waals surface area contributed by atoms with Crippen molar-refractivity contribution in [3.05, 3.63) is 54.6 Å². The van der Waals surface area contributed by atoms with Crippen LogP contribution in [0.5, 0.6) is 0 Å². The monoisotopic (exact) mass is 360 g/mol. The molecule has 0 unspecified atom stereocenters. The average Bonchev–Trinajstić information content (AvgIpc) is 3.05. The van der Waals surface area contributed by atoms with E-state index in [2.05, 4.69) is 82.3 Å². The van der Waals surface area contributed by atoms with Crippen LogP contribution in [0.25, 0.3) is 30.9 Å². The Bertz CT molecular complexity index is 1140. The molecule has 0 radical (unpaired) electrons. The third-order valence-corrected chi connectivity index (χ3v) is 7.05. The summed E-state index contributed by atoms with van der Waals surface area (Å²) in [5.41, 5.74) is 0.441. The van der Waals surface area contributed by atoms with E-state index in [1.165, 1.54) is 30.9 Å². The van der Waals surface area contributed by atoms with E-state index in [1.54, 1.807) is 0 Å². The van der Waals surface area contributed by atoms with Gasteiger partial charge in [-0.3, -0.25) is 0 Å². The fraction of sp³-hybridized carbons (Fsp3) is 0.273. The topological polar surface area (TPSA) is 18.5 Å². The molecule has 2 nitrogen and oxygen atoms in total. The highest BCUT2D eigenvalue weighted by Gasteiger charge is 2.52. The van der Waals surface area contributed by atoms with Gasteiger partial charge in [0.15, 0.2) is 0 Å². The summed E-state index contributed by atoms with van der Waals surface area (Å²) in [6.07, 6.45) is 0. The lowest BCUT2D eigenvalue weighted by Crippen LogP contribution is -2.41. The predicted molar refractivity (Wildman–Crippen MR) is 113 cm³/mol. The first-order valence-electron chi connectivity index (χ1n) is 9.05. The van der Waals surface area contributed by atoms with Crippen LogP contribution in [-0.4, -0.2) is 18.3 Å². The summed E-state index contributed by atoms with van der Waals surface area (Å²) >= 11 is 1.85. The van der Waals surface area contributed by atoms with Crippen LogP contribution in [0.1, 0.15) is 27.7 Å². The molecule has 130 valence electrons. The number of thiophene rings is 1. The van der Waals surface area contributed by atoms with Gasteiger partial charge in [0, 0.05) is 20.2 Å². The molecule has 0 N–H and O–H groups in total. The van der Waals surface area contributed by atoms with Gasteiger partial charge in [-0.1, -0.05) is 36.4 Å². The summed E-state index contributed by atoms with van der Waals surface area (Å²) in [4.78, 5) is 0. The van der Waals surface area contributed by atoms with Crippen LogP contribution in [0.3, 0.4) is 0 Å². The lowest BCUT2D eigenvalue weighted by Gasteiger charge is -2.32. The molecular formula is C22H21BO2S. The molecule has 1 fully saturated rings. The summed E-state index contributed by atoms with van der Waals surface area (Å²) < 4.78 is 15.3. The van der Waals surface area contributed by atoms with E-state index in [-0.39, 0.29) is 18.3 Å². The molecule has 4 aromatic rings. The molecule has 1 aliphatic rings. The largest absolute Gasteiger partial charge is 0.495 e. The summed E-state index contributed by atoms with van der Waals surface area (Å²) in [5.74, 6) is 0. The van der Waals surface area contributed by atoms with Crippen molar-refractivity contribution in [2.75, 3.05) is 0 Å². The Morgan fingerprint density at radius 2 is 1.46 bits per heavy atom. The lowest BCUT2D eigenvalue weighted by atomic mass is 9.76. The highest BCUT2D eigenvalue weighted by molar-refractivity contribution is 7.25. The van der Waals surface area contributed by atoms with Crippen molar-refractivity contribution in [2.45, 2.75) is 38.9 Å². The molecule has 2 heterocycles. The van der Waals surface area contributed by atoms with Crippen LogP contribution < -0.4 is 5.46 Å². The second kappa shape index (κ2) is 5.32. The van der Waals surface area contributed by atoms with E-state index in [1.807, 2.05) is 11.3 Å². The second-order valence-electron chi connectivity index (χ2n) is 8.10. The van der Waals surface area contributed by atoms with Gasteiger partial charge in [-0.25, -0.2) is 0 Å². The molecule has 1 saturated heterocycles. The zero-order valence-corrected chi connectivity index (χ0v) is 16.3. The molecule has 0 spiro atoms. The van der Waals surface area contributed by atoms with Gasteiger partial charge in [-0.05, 0) is 62.1 Å². The van der Waals surface area contributed by atoms with Crippen LogP contribution in [-0.2, 0) is 9.31 Å². The predicted octanol–water partition coefficient (Wildman–Crippen LogP) is 5.51. The van der Waals surface area contributed by atoms with Gasteiger partial charge in [0.05, 0.1) is 11.2 Å². The smallest absolute Gasteiger partial charge is 0.399 e. The molecule has 5 rings (SSSR count). The van der Waals surface area contributed by atoms with Crippen molar-refractivity contribution in [1.82, 2.24) is 0 Å². The molecule has 4 heteroatoms. The first-order chi connectivity index (χ1) is 12.4. The average molecular weight is 360 g/mol. The Balaban J connectivity index is 1.75. The molecule has 1 aromatic heterocycles. The number of hydrogen-bond acceptors (Lipinski definition) is 3. The highest BCUT2D eigenvalue weighted by Crippen LogP contribution is 2.39. The molecule has 1 aliphatic heterocycles. The standard InChI is InChI=1S/C22H21BO2S/c1-21(2)22(3,4)25-23(24-21)18-10-7-8-14-12-20-17(13-16(14)18)15-9-5-6-11-19(15)26-20/h5-13H,1-4H3. The molecule has 26 heavy (non-hydrogen) atoms. The van der Waals surface area contributed by atoms with Gasteiger partial charge in [0.2, 0.25) is 0 Å². The maximum absolute atomic E-state index is 6.32. The highest BCUT2D eigenvalue weighted by atomic mass is 32.1. The summed E-state index contributed by atoms with van der Waals surface area (Å²) in [6.45, 7) is 8.40. The van der Waals surface area contributed by atoms with Crippen molar-refractivity contribution in [3.8, 4) is 0 Å². The van der Waals surface area contributed by atoms with Gasteiger partial charge in [-0.2, -0.15) is 0 Å². The van der Waals surface area contributed by atoms with Crippen molar-refractivity contribution < 1.29 is 9.31 Å². The van der Waals surface area contributed by atoms with Crippen LogP contribution in [0.2, 0.25) is 0 Å². The Kier molecular flexibility index (Phi) is 3.34. The van der Waals surface area contributed by atoms with Crippen LogP contribution >= 0.6 is 11.3 Å². The zero-order chi connectivity index (χ0) is 18.1. The fourth-order valence-electron chi connectivity index (χ4n) is 3.70. The summed E-state index contributed by atoms with van der Waals surface area (Å²) in [7, 11) is -0.342. The zero-order valence-electron chi connectivity index (χ0n) is 15.5. The van der Waals surface area contributed by atoms with Gasteiger partial charge in [0.25, 0.3) is 0 Å². The van der Waals surface area contributed by atoms with E-state index < -0.39 is 0 Å². The molecule has 0 saturated carbocycles. The minimum Gasteiger partial charge on any atom is -0.399 e. The minimum atomic E-state index is -0.342. The number of rotatable bonds is 1. The van der Waals surface area contributed by atoms with Crippen molar-refractivity contribution in [2.24, 2.45) is 0 Å². The molecule has 0 atom stereocenters. The van der Waals surface area contributed by atoms with Crippen LogP contribution in [0.15, 0.2) is 54.6 Å². The summed E-state index contributed by atoms with van der Waals surface area (Å²) in [6, 6.07) is 19.6. The SMILES string of the molecule is CC1(C)OB(c2cccc3cc4sc5ccccc5c4cc23)OC1(C)C. The van der Waals surface area contributed by atoms with Gasteiger partial charge < -0.3 is 9.31 Å². The van der Waals surface area contributed by atoms with Crippen LogP contribution in [0, 0.1) is 0 Å². The lowest BCUT2D eigenvalue weighted by molar-refractivity contribution is 0.00578. The van der Waals surface area contributed by atoms with Gasteiger partial charge in [-0.15, -0.1) is 11.3 Å². The van der Waals surface area contributed by atoms with Crippen molar-refractivity contribution in [3.63, 3.8) is 0 Å². The Labute approximate surface area is 157 Å². The third kappa shape index (κ3) is 2.26. The molecular weight excluding hydrogens is 339 g/mol. The molecule has 0 amide bonds. The quantitative estimate of drug-likeness (QED) is 0.417. The van der Waals surface area contributed by atoms with Crippen molar-refractivity contribution in [1.29, 1.82) is 0 Å².